The molecule has 7 heteroatoms. The lowest BCUT2D eigenvalue weighted by molar-refractivity contribution is -0.385. The van der Waals surface area contributed by atoms with E-state index in [1.807, 2.05) is 0 Å². The van der Waals surface area contributed by atoms with E-state index in [1.54, 1.807) is 6.92 Å². The Morgan fingerprint density at radius 3 is 2.83 bits per heavy atom. The van der Waals surface area contributed by atoms with Gasteiger partial charge in [-0.2, -0.15) is 0 Å². The van der Waals surface area contributed by atoms with E-state index in [0.717, 1.165) is 16.8 Å². The highest BCUT2D eigenvalue weighted by atomic mass is 16.6. The van der Waals surface area contributed by atoms with Gasteiger partial charge in [-0.25, -0.2) is 0 Å². The van der Waals surface area contributed by atoms with Crippen molar-refractivity contribution in [1.82, 2.24) is 4.57 Å². The minimum atomic E-state index is -0.641. The molecule has 0 N–H and O–H groups in total. The van der Waals surface area contributed by atoms with Gasteiger partial charge in [0, 0.05) is 6.07 Å². The third-order valence-electron chi connectivity index (χ3n) is 2.16. The third-order valence-corrected chi connectivity index (χ3v) is 2.16. The smallest absolute Gasteiger partial charge is 0.326 e. The number of esters is 1. The van der Waals surface area contributed by atoms with Crippen molar-refractivity contribution in [3.8, 4) is 0 Å². The van der Waals surface area contributed by atoms with Crippen LogP contribution in [0.2, 0.25) is 0 Å². The lowest BCUT2D eigenvalue weighted by atomic mass is 10.2. The third kappa shape index (κ3) is 3.03. The van der Waals surface area contributed by atoms with Gasteiger partial charge in [0.2, 0.25) is 0 Å². The summed E-state index contributed by atoms with van der Waals surface area (Å²) in [5.74, 6) is -0.625. The fourth-order valence-electron chi connectivity index (χ4n) is 1.36. The molecule has 1 aromatic rings. The molecule has 0 saturated carbocycles. The van der Waals surface area contributed by atoms with E-state index < -0.39 is 16.5 Å². The predicted octanol–water partition coefficient (Wildman–Crippen LogP) is 0.963. The molecule has 18 heavy (non-hydrogen) atoms. The molecule has 1 rings (SSSR count). The number of hydrogen-bond donors (Lipinski definition) is 0. The normalized spacial score (nSPS) is 9.83. The van der Waals surface area contributed by atoms with Crippen molar-refractivity contribution < 1.29 is 14.5 Å². The maximum absolute atomic E-state index is 11.6. The second-order valence-corrected chi connectivity index (χ2v) is 3.35. The summed E-state index contributed by atoms with van der Waals surface area (Å²) in [7, 11) is 0. The van der Waals surface area contributed by atoms with Gasteiger partial charge in [-0.05, 0) is 6.92 Å². The average Bonchev–Trinajstić information content (AvgIpc) is 2.31. The molecule has 0 atom stereocenters. The number of carbonyl (C=O) groups is 1. The van der Waals surface area contributed by atoms with Gasteiger partial charge in [-0.3, -0.25) is 24.3 Å². The first-order valence-electron chi connectivity index (χ1n) is 5.16. The van der Waals surface area contributed by atoms with Gasteiger partial charge in [0.05, 0.1) is 23.3 Å². The van der Waals surface area contributed by atoms with Gasteiger partial charge in [0.1, 0.15) is 6.54 Å². The van der Waals surface area contributed by atoms with Crippen molar-refractivity contribution in [3.63, 3.8) is 0 Å². The van der Waals surface area contributed by atoms with Crippen LogP contribution in [-0.2, 0) is 16.1 Å². The Balaban J connectivity index is 3.18. The highest BCUT2D eigenvalue weighted by Gasteiger charge is 2.16. The van der Waals surface area contributed by atoms with Gasteiger partial charge in [0.15, 0.2) is 0 Å². The first-order valence-corrected chi connectivity index (χ1v) is 5.16. The van der Waals surface area contributed by atoms with Crippen LogP contribution in [0.1, 0.15) is 12.5 Å². The van der Waals surface area contributed by atoms with Crippen molar-refractivity contribution in [2.24, 2.45) is 0 Å². The van der Waals surface area contributed by atoms with E-state index in [4.69, 9.17) is 0 Å². The van der Waals surface area contributed by atoms with E-state index in [0.29, 0.717) is 0 Å². The molecule has 0 unspecified atom stereocenters. The highest BCUT2D eigenvalue weighted by Crippen LogP contribution is 2.16. The topological polar surface area (TPSA) is 91.4 Å². The summed E-state index contributed by atoms with van der Waals surface area (Å²) < 4.78 is 5.60. The monoisotopic (exact) mass is 252 g/mol. The minimum absolute atomic E-state index is 0.116. The standard InChI is InChI=1S/C11H12N2O5/c1-3-8-5-10(14)12(6-9(8)13(16)17)7-11(15)18-4-2/h3,5-6H,1,4,7H2,2H3. The molecule has 96 valence electrons. The van der Waals surface area contributed by atoms with E-state index >= 15 is 0 Å². The lowest BCUT2D eigenvalue weighted by Crippen LogP contribution is -2.25. The maximum atomic E-state index is 11.6. The fourth-order valence-corrected chi connectivity index (χ4v) is 1.36. The zero-order valence-electron chi connectivity index (χ0n) is 9.79. The number of nitro groups is 1. The van der Waals surface area contributed by atoms with E-state index in [9.17, 15) is 19.7 Å². The lowest BCUT2D eigenvalue weighted by Gasteiger charge is -2.06. The number of nitrogens with zero attached hydrogens (tertiary/aromatic N) is 2. The van der Waals surface area contributed by atoms with Crippen LogP contribution in [0.5, 0.6) is 0 Å². The molecule has 0 spiro atoms. The maximum Gasteiger partial charge on any atom is 0.326 e. The molecule has 0 saturated heterocycles. The van der Waals surface area contributed by atoms with Crippen molar-refractivity contribution in [1.29, 1.82) is 0 Å². The molecule has 0 amide bonds. The van der Waals surface area contributed by atoms with Crippen LogP contribution in [-0.4, -0.2) is 22.1 Å². The van der Waals surface area contributed by atoms with Gasteiger partial charge in [-0.1, -0.05) is 12.7 Å². The zero-order valence-corrected chi connectivity index (χ0v) is 9.79. The van der Waals surface area contributed by atoms with Crippen molar-refractivity contribution in [2.45, 2.75) is 13.5 Å². The SMILES string of the molecule is C=Cc1cc(=O)n(CC(=O)OCC)cc1[N+](=O)[O-]. The Labute approximate surface area is 102 Å². The number of rotatable bonds is 5. The molecular weight excluding hydrogens is 240 g/mol. The largest absolute Gasteiger partial charge is 0.465 e. The van der Waals surface area contributed by atoms with Crippen LogP contribution >= 0.6 is 0 Å². The molecule has 0 aliphatic carbocycles. The van der Waals surface area contributed by atoms with E-state index in [2.05, 4.69) is 11.3 Å². The molecule has 1 heterocycles. The molecule has 0 aliphatic rings. The van der Waals surface area contributed by atoms with Gasteiger partial charge < -0.3 is 4.74 Å². The molecule has 0 aliphatic heterocycles. The van der Waals surface area contributed by atoms with Gasteiger partial charge in [-0.15, -0.1) is 0 Å². The van der Waals surface area contributed by atoms with Crippen LogP contribution in [0.3, 0.4) is 0 Å². The van der Waals surface area contributed by atoms with Crippen LogP contribution in [0.4, 0.5) is 5.69 Å². The van der Waals surface area contributed by atoms with Crippen molar-refractivity contribution in [2.75, 3.05) is 6.61 Å². The number of carbonyl (C=O) groups excluding carboxylic acids is 1. The fraction of sp³-hybridized carbons (Fsp3) is 0.273. The first-order chi connectivity index (χ1) is 8.49. The summed E-state index contributed by atoms with van der Waals surface area (Å²) in [6.45, 7) is 4.84. The molecule has 1 aromatic heterocycles. The van der Waals surface area contributed by atoms with Crippen LogP contribution in [0, 0.1) is 10.1 Å². The van der Waals surface area contributed by atoms with Gasteiger partial charge in [0.25, 0.3) is 11.2 Å². The summed E-state index contributed by atoms with van der Waals surface area (Å²) in [6, 6.07) is 1.06. The minimum Gasteiger partial charge on any atom is -0.465 e. The Bertz CT molecular complexity index is 547. The Morgan fingerprint density at radius 2 is 2.33 bits per heavy atom. The summed E-state index contributed by atoms with van der Waals surface area (Å²) >= 11 is 0. The Morgan fingerprint density at radius 1 is 1.67 bits per heavy atom. The molecular formula is C11H12N2O5. The van der Waals surface area contributed by atoms with Crippen LogP contribution in [0.15, 0.2) is 23.6 Å². The van der Waals surface area contributed by atoms with E-state index in [-0.39, 0.29) is 24.4 Å². The highest BCUT2D eigenvalue weighted by molar-refractivity contribution is 5.69. The summed E-state index contributed by atoms with van der Waals surface area (Å²) in [5.41, 5.74) is -0.692. The Hall–Kier alpha value is -2.44. The first kappa shape index (κ1) is 13.6. The summed E-state index contributed by atoms with van der Waals surface area (Å²) in [4.78, 5) is 33.0. The molecule has 0 bridgehead atoms. The molecule has 0 fully saturated rings. The molecule has 0 aromatic carbocycles. The van der Waals surface area contributed by atoms with E-state index in [1.165, 1.54) is 6.08 Å². The average molecular weight is 252 g/mol. The van der Waals surface area contributed by atoms with Crippen LogP contribution in [0.25, 0.3) is 6.08 Å². The predicted molar refractivity (Wildman–Crippen MR) is 64.1 cm³/mol. The number of pyridine rings is 1. The molecule has 0 radical (unpaired) electrons. The summed E-state index contributed by atoms with van der Waals surface area (Å²) in [6.07, 6.45) is 2.23. The second kappa shape index (κ2) is 5.76. The van der Waals surface area contributed by atoms with Crippen LogP contribution < -0.4 is 5.56 Å². The van der Waals surface area contributed by atoms with Crippen molar-refractivity contribution in [3.05, 3.63) is 44.9 Å². The van der Waals surface area contributed by atoms with Crippen molar-refractivity contribution >= 4 is 17.7 Å². The summed E-state index contributed by atoms with van der Waals surface area (Å²) in [5, 5.41) is 10.8. The Kier molecular flexibility index (Phi) is 4.36. The number of ether oxygens (including phenoxy) is 1. The molecule has 7 nitrogen and oxygen atoms in total. The van der Waals surface area contributed by atoms with Gasteiger partial charge >= 0.3 is 5.97 Å². The second-order valence-electron chi connectivity index (χ2n) is 3.35. The zero-order chi connectivity index (χ0) is 13.7. The quantitative estimate of drug-likeness (QED) is 0.442. The number of aromatic nitrogens is 1. The number of hydrogen-bond acceptors (Lipinski definition) is 5.